The SMILES string of the molecule is Cn1cnc2c1CC[C@H]2NC(=O)c1cnn(Cc2ccc(N3CC4CC4C3)c(C#N)c2Cl)c1. The molecule has 3 aromatic rings. The molecule has 0 bridgehead atoms. The third-order valence-corrected chi connectivity index (χ3v) is 7.69. The van der Waals surface area contributed by atoms with Crippen LogP contribution in [0.3, 0.4) is 0 Å². The molecule has 1 aromatic carbocycles. The summed E-state index contributed by atoms with van der Waals surface area (Å²) in [5.41, 5.74) is 4.87. The minimum absolute atomic E-state index is 0.0751. The minimum atomic E-state index is -0.170. The first kappa shape index (κ1) is 20.3. The summed E-state index contributed by atoms with van der Waals surface area (Å²) < 4.78 is 3.69. The summed E-state index contributed by atoms with van der Waals surface area (Å²) in [7, 11) is 1.98. The number of piperidine rings is 1. The van der Waals surface area contributed by atoms with Gasteiger partial charge >= 0.3 is 0 Å². The number of anilines is 1. The molecule has 0 spiro atoms. The Morgan fingerprint density at radius 3 is 2.94 bits per heavy atom. The standard InChI is InChI=1S/C24H24ClN7O/c1-30-13-27-23-19(3-5-21(23)30)29-24(33)17-8-28-32(12-17)11-14-2-4-20(18(7-26)22(14)25)31-9-15-6-16(15)10-31/h2,4,8,12-13,15-16,19H,3,5-6,9-11H2,1H3,(H,29,33)/t15?,16?,19-/m1/s1. The number of hydrogen-bond donors (Lipinski definition) is 1. The molecule has 0 radical (unpaired) electrons. The number of nitrogens with zero attached hydrogens (tertiary/aromatic N) is 6. The van der Waals surface area contributed by atoms with Crippen molar-refractivity contribution in [1.29, 1.82) is 5.26 Å². The van der Waals surface area contributed by atoms with Crippen LogP contribution in [0, 0.1) is 23.2 Å². The highest BCUT2D eigenvalue weighted by molar-refractivity contribution is 6.33. The molecule has 8 nitrogen and oxygen atoms in total. The molecule has 1 saturated heterocycles. The number of halogens is 1. The van der Waals surface area contributed by atoms with Gasteiger partial charge in [-0.1, -0.05) is 17.7 Å². The lowest BCUT2D eigenvalue weighted by molar-refractivity contribution is 0.0936. The number of aromatic nitrogens is 4. The fourth-order valence-corrected chi connectivity index (χ4v) is 5.57. The van der Waals surface area contributed by atoms with Crippen molar-refractivity contribution in [1.82, 2.24) is 24.6 Å². The molecule has 1 N–H and O–H groups in total. The van der Waals surface area contributed by atoms with E-state index >= 15 is 0 Å². The van der Waals surface area contributed by atoms with Gasteiger partial charge in [0.05, 0.1) is 52.6 Å². The van der Waals surface area contributed by atoms with E-state index in [0.717, 1.165) is 54.7 Å². The molecule has 168 valence electrons. The molecule has 2 fully saturated rings. The maximum absolute atomic E-state index is 12.8. The molecule has 3 aliphatic rings. The van der Waals surface area contributed by atoms with E-state index in [0.29, 0.717) is 22.7 Å². The number of fused-ring (bicyclic) bond motifs is 2. The van der Waals surface area contributed by atoms with Crippen LogP contribution >= 0.6 is 11.6 Å². The van der Waals surface area contributed by atoms with Crippen LogP contribution in [0.5, 0.6) is 0 Å². The third kappa shape index (κ3) is 3.47. The number of carbonyl (C=O) groups excluding carboxylic acids is 1. The predicted molar refractivity (Wildman–Crippen MR) is 123 cm³/mol. The Morgan fingerprint density at radius 1 is 1.33 bits per heavy atom. The normalized spacial score (nSPS) is 22.7. The number of benzene rings is 1. The Labute approximate surface area is 196 Å². The largest absolute Gasteiger partial charge is 0.370 e. The maximum Gasteiger partial charge on any atom is 0.255 e. The van der Waals surface area contributed by atoms with Crippen LogP contribution < -0.4 is 10.2 Å². The average Bonchev–Trinajstić information content (AvgIpc) is 3.27. The molecule has 1 amide bonds. The van der Waals surface area contributed by atoms with Crippen molar-refractivity contribution >= 4 is 23.2 Å². The number of nitrogens with one attached hydrogen (secondary N) is 1. The summed E-state index contributed by atoms with van der Waals surface area (Å²) in [4.78, 5) is 19.5. The molecule has 3 heterocycles. The topological polar surface area (TPSA) is 91.8 Å². The summed E-state index contributed by atoms with van der Waals surface area (Å²) in [5.74, 6) is 1.38. The van der Waals surface area contributed by atoms with Gasteiger partial charge in [-0.2, -0.15) is 10.4 Å². The molecule has 9 heteroatoms. The monoisotopic (exact) mass is 461 g/mol. The summed E-state index contributed by atoms with van der Waals surface area (Å²) in [5, 5.41) is 17.7. The molecule has 2 aromatic heterocycles. The Bertz CT molecular complexity index is 1290. The minimum Gasteiger partial charge on any atom is -0.370 e. The molecule has 1 saturated carbocycles. The summed E-state index contributed by atoms with van der Waals surface area (Å²) in [6.45, 7) is 2.40. The van der Waals surface area contributed by atoms with Gasteiger partial charge in [-0.25, -0.2) is 4.98 Å². The molecule has 3 atom stereocenters. The highest BCUT2D eigenvalue weighted by Gasteiger charge is 2.45. The highest BCUT2D eigenvalue weighted by Crippen LogP contribution is 2.47. The van der Waals surface area contributed by atoms with Gasteiger partial charge in [0.1, 0.15) is 6.07 Å². The van der Waals surface area contributed by atoms with Gasteiger partial charge in [0.2, 0.25) is 0 Å². The quantitative estimate of drug-likeness (QED) is 0.630. The Hall–Kier alpha value is -3.31. The first-order chi connectivity index (χ1) is 16.0. The van der Waals surface area contributed by atoms with Crippen LogP contribution in [0.25, 0.3) is 0 Å². The van der Waals surface area contributed by atoms with E-state index in [1.807, 2.05) is 23.7 Å². The lowest BCUT2D eigenvalue weighted by atomic mass is 10.1. The van der Waals surface area contributed by atoms with Crippen molar-refractivity contribution in [3.8, 4) is 6.07 Å². The number of nitriles is 1. The summed E-state index contributed by atoms with van der Waals surface area (Å²) in [6, 6.07) is 6.18. The highest BCUT2D eigenvalue weighted by atomic mass is 35.5. The van der Waals surface area contributed by atoms with Gasteiger partial charge in [-0.3, -0.25) is 9.48 Å². The molecular weight excluding hydrogens is 438 g/mol. The second-order valence-electron chi connectivity index (χ2n) is 9.38. The fraction of sp³-hybridized carbons (Fsp3) is 0.417. The summed E-state index contributed by atoms with van der Waals surface area (Å²) >= 11 is 6.64. The van der Waals surface area contributed by atoms with Gasteiger partial charge in [-0.15, -0.1) is 0 Å². The van der Waals surface area contributed by atoms with Crippen molar-refractivity contribution in [3.05, 3.63) is 64.0 Å². The zero-order valence-corrected chi connectivity index (χ0v) is 19.1. The van der Waals surface area contributed by atoms with E-state index in [9.17, 15) is 10.1 Å². The predicted octanol–water partition coefficient (Wildman–Crippen LogP) is 3.06. The molecule has 2 aliphatic carbocycles. The van der Waals surface area contributed by atoms with Crippen LogP contribution in [0.4, 0.5) is 5.69 Å². The Kier molecular flexibility index (Phi) is 4.70. The Morgan fingerprint density at radius 2 is 2.15 bits per heavy atom. The van der Waals surface area contributed by atoms with Gasteiger partial charge in [0, 0.05) is 32.0 Å². The molecule has 33 heavy (non-hydrogen) atoms. The zero-order valence-electron chi connectivity index (χ0n) is 18.3. The third-order valence-electron chi connectivity index (χ3n) is 7.26. The number of carbonyl (C=O) groups is 1. The smallest absolute Gasteiger partial charge is 0.255 e. The van der Waals surface area contributed by atoms with Crippen molar-refractivity contribution in [3.63, 3.8) is 0 Å². The van der Waals surface area contributed by atoms with E-state index in [-0.39, 0.29) is 11.9 Å². The van der Waals surface area contributed by atoms with E-state index in [4.69, 9.17) is 11.6 Å². The fourth-order valence-electron chi connectivity index (χ4n) is 5.31. The Balaban J connectivity index is 1.16. The lowest BCUT2D eigenvalue weighted by Crippen LogP contribution is -2.27. The number of rotatable bonds is 5. The van der Waals surface area contributed by atoms with E-state index in [2.05, 4.69) is 26.4 Å². The van der Waals surface area contributed by atoms with E-state index in [1.54, 1.807) is 23.4 Å². The van der Waals surface area contributed by atoms with Gasteiger partial charge in [-0.05, 0) is 42.7 Å². The number of aryl methyl sites for hydroxylation is 1. The van der Waals surface area contributed by atoms with Gasteiger partial charge in [0.15, 0.2) is 0 Å². The average molecular weight is 462 g/mol. The van der Waals surface area contributed by atoms with E-state index in [1.165, 1.54) is 12.1 Å². The van der Waals surface area contributed by atoms with Crippen molar-refractivity contribution in [2.45, 2.75) is 31.8 Å². The van der Waals surface area contributed by atoms with E-state index < -0.39 is 0 Å². The number of amides is 1. The molecule has 6 rings (SSSR count). The first-order valence-corrected chi connectivity index (χ1v) is 11.7. The van der Waals surface area contributed by atoms with Crippen molar-refractivity contribution in [2.75, 3.05) is 18.0 Å². The second kappa shape index (κ2) is 7.63. The van der Waals surface area contributed by atoms with Crippen LogP contribution in [-0.2, 0) is 20.0 Å². The molecular formula is C24H24ClN7O. The van der Waals surface area contributed by atoms with Crippen LogP contribution in [0.1, 0.15) is 51.8 Å². The zero-order chi connectivity index (χ0) is 22.7. The second-order valence-corrected chi connectivity index (χ2v) is 9.76. The maximum atomic E-state index is 12.8. The van der Waals surface area contributed by atoms with Crippen LogP contribution in [0.2, 0.25) is 5.02 Å². The van der Waals surface area contributed by atoms with Gasteiger partial charge < -0.3 is 14.8 Å². The van der Waals surface area contributed by atoms with Crippen molar-refractivity contribution < 1.29 is 4.79 Å². The number of imidazole rings is 1. The molecule has 1 aliphatic heterocycles. The molecule has 2 unspecified atom stereocenters. The first-order valence-electron chi connectivity index (χ1n) is 11.3. The van der Waals surface area contributed by atoms with Crippen LogP contribution in [-0.4, -0.2) is 38.3 Å². The van der Waals surface area contributed by atoms with Crippen molar-refractivity contribution in [2.24, 2.45) is 18.9 Å². The van der Waals surface area contributed by atoms with Crippen LogP contribution in [0.15, 0.2) is 30.9 Å². The van der Waals surface area contributed by atoms with Gasteiger partial charge in [0.25, 0.3) is 5.91 Å². The summed E-state index contributed by atoms with van der Waals surface area (Å²) in [6.07, 6.45) is 8.14. The number of hydrogen-bond acceptors (Lipinski definition) is 5. The lowest BCUT2D eigenvalue weighted by Gasteiger charge is -2.22.